The number of halogens is 2. The number of anilines is 3. The highest BCUT2D eigenvalue weighted by Crippen LogP contribution is 2.42. The molecule has 0 bridgehead atoms. The van der Waals surface area contributed by atoms with Gasteiger partial charge in [-0.3, -0.25) is 10.1 Å². The van der Waals surface area contributed by atoms with E-state index in [-0.39, 0.29) is 41.7 Å². The normalized spacial score (nSPS) is 26.1. The second-order valence-electron chi connectivity index (χ2n) is 9.76. The molecule has 2 fully saturated rings. The van der Waals surface area contributed by atoms with Gasteiger partial charge in [-0.2, -0.15) is 5.10 Å². The van der Waals surface area contributed by atoms with Gasteiger partial charge in [-0.1, -0.05) is 6.92 Å². The van der Waals surface area contributed by atoms with Crippen LogP contribution in [0.4, 0.5) is 21.7 Å². The minimum absolute atomic E-state index is 0. The molecule has 34 heavy (non-hydrogen) atoms. The predicted molar refractivity (Wildman–Crippen MR) is 130 cm³/mol. The average molecular weight is 489 g/mol. The van der Waals surface area contributed by atoms with Gasteiger partial charge in [0.05, 0.1) is 36.5 Å². The van der Waals surface area contributed by atoms with Gasteiger partial charge in [-0.15, -0.1) is 12.4 Å². The zero-order valence-corrected chi connectivity index (χ0v) is 20.2. The van der Waals surface area contributed by atoms with Crippen LogP contribution in [0.3, 0.4) is 0 Å². The number of fused-ring (bicyclic) bond motifs is 2. The lowest BCUT2D eigenvalue weighted by atomic mass is 9.73. The zero-order valence-electron chi connectivity index (χ0n) is 19.4. The molecule has 3 aliphatic rings. The van der Waals surface area contributed by atoms with Crippen molar-refractivity contribution in [1.82, 2.24) is 25.1 Å². The second-order valence-corrected chi connectivity index (χ2v) is 9.76. The molecule has 3 N–H and O–H groups in total. The molecule has 182 valence electrons. The van der Waals surface area contributed by atoms with Crippen LogP contribution in [0.15, 0.2) is 18.5 Å². The standard InChI is InChI=1S/C23H29FN8O.ClH/c1-13-3-6-32(16-9-15(24)10-26-18(13)16)22-19-21(29-30-22)28-17(11-27-19)31-7-4-23(5-8-31)12-33-14(2)20(23)25;/h9-11,13-14,20H,3-8,12,25H2,1-2H3,(H,28,29,30);1H/t13-,14?,20?;/m1./s1. The van der Waals surface area contributed by atoms with E-state index < -0.39 is 0 Å². The number of piperidine rings is 1. The summed E-state index contributed by atoms with van der Waals surface area (Å²) in [5.74, 6) is 1.40. The minimum atomic E-state index is -0.356. The molecule has 2 unspecified atom stereocenters. The first-order valence-corrected chi connectivity index (χ1v) is 11.7. The van der Waals surface area contributed by atoms with Gasteiger partial charge >= 0.3 is 0 Å². The van der Waals surface area contributed by atoms with Crippen molar-refractivity contribution in [2.75, 3.05) is 36.0 Å². The van der Waals surface area contributed by atoms with Crippen LogP contribution in [0.2, 0.25) is 0 Å². The van der Waals surface area contributed by atoms with Gasteiger partial charge in [0, 0.05) is 43.1 Å². The molecule has 0 saturated carbocycles. The average Bonchev–Trinajstić information content (AvgIpc) is 3.36. The van der Waals surface area contributed by atoms with E-state index in [0.717, 1.165) is 62.7 Å². The van der Waals surface area contributed by atoms with Gasteiger partial charge in [0.2, 0.25) is 0 Å². The fourth-order valence-electron chi connectivity index (χ4n) is 5.61. The van der Waals surface area contributed by atoms with E-state index in [2.05, 4.69) is 33.9 Å². The summed E-state index contributed by atoms with van der Waals surface area (Å²) in [6.45, 7) is 7.37. The number of nitrogens with one attached hydrogen (secondary N) is 1. The minimum Gasteiger partial charge on any atom is -0.376 e. The van der Waals surface area contributed by atoms with Crippen molar-refractivity contribution in [3.63, 3.8) is 0 Å². The lowest BCUT2D eigenvalue weighted by molar-refractivity contribution is 0.0974. The molecule has 1 spiro atoms. The SMILES string of the molecule is CC1OCC2(CCN(c3cnc4c(N5CC[C@@H](C)c6ncc(F)cc65)n[nH]c4n3)CC2)C1N.Cl. The second kappa shape index (κ2) is 8.58. The topological polar surface area (TPSA) is 109 Å². The van der Waals surface area contributed by atoms with Crippen LogP contribution in [0, 0.1) is 11.2 Å². The Morgan fingerprint density at radius 2 is 1.97 bits per heavy atom. The highest BCUT2D eigenvalue weighted by atomic mass is 35.5. The summed E-state index contributed by atoms with van der Waals surface area (Å²) in [6, 6.07) is 1.61. The van der Waals surface area contributed by atoms with Gasteiger partial charge in [-0.25, -0.2) is 14.4 Å². The molecule has 0 aromatic carbocycles. The Balaban J connectivity index is 0.00000241. The van der Waals surface area contributed by atoms with Crippen molar-refractivity contribution in [3.05, 3.63) is 30.0 Å². The van der Waals surface area contributed by atoms with Crippen LogP contribution in [0.5, 0.6) is 0 Å². The molecule has 6 heterocycles. The molecule has 3 atom stereocenters. The summed E-state index contributed by atoms with van der Waals surface area (Å²) in [6.07, 6.45) is 6.07. The smallest absolute Gasteiger partial charge is 0.183 e. The Hall–Kier alpha value is -2.56. The van der Waals surface area contributed by atoms with Crippen molar-refractivity contribution in [3.8, 4) is 0 Å². The van der Waals surface area contributed by atoms with Crippen molar-refractivity contribution >= 4 is 40.9 Å². The zero-order chi connectivity index (χ0) is 22.7. The number of ether oxygens (including phenoxy) is 1. The van der Waals surface area contributed by atoms with E-state index >= 15 is 0 Å². The first-order valence-electron chi connectivity index (χ1n) is 11.7. The largest absolute Gasteiger partial charge is 0.376 e. The van der Waals surface area contributed by atoms with Gasteiger partial charge < -0.3 is 20.3 Å². The number of hydrogen-bond acceptors (Lipinski definition) is 8. The van der Waals surface area contributed by atoms with Crippen molar-refractivity contribution < 1.29 is 9.13 Å². The fourth-order valence-corrected chi connectivity index (χ4v) is 5.61. The summed E-state index contributed by atoms with van der Waals surface area (Å²) in [5.41, 5.74) is 9.46. The summed E-state index contributed by atoms with van der Waals surface area (Å²) in [4.78, 5) is 18.1. The van der Waals surface area contributed by atoms with E-state index in [9.17, 15) is 4.39 Å². The van der Waals surface area contributed by atoms with Crippen LogP contribution in [-0.4, -0.2) is 63.5 Å². The monoisotopic (exact) mass is 488 g/mol. The Kier molecular flexibility index (Phi) is 5.86. The molecule has 0 amide bonds. The molecular formula is C23H30ClFN8O. The number of nitrogens with zero attached hydrogens (tertiary/aromatic N) is 6. The number of rotatable bonds is 2. The lowest BCUT2D eigenvalue weighted by Gasteiger charge is -2.41. The summed E-state index contributed by atoms with van der Waals surface area (Å²) in [5, 5.41) is 7.55. The number of hydrogen-bond donors (Lipinski definition) is 2. The number of nitrogens with two attached hydrogens (primary N) is 1. The third-order valence-electron chi connectivity index (χ3n) is 7.83. The molecule has 0 aliphatic carbocycles. The Bertz CT molecular complexity index is 1200. The molecule has 3 aliphatic heterocycles. The van der Waals surface area contributed by atoms with E-state index in [4.69, 9.17) is 20.4 Å². The first kappa shape index (κ1) is 23.2. The van der Waals surface area contributed by atoms with Crippen molar-refractivity contribution in [2.45, 2.75) is 51.2 Å². The number of H-pyrrole nitrogens is 1. The molecule has 0 radical (unpaired) electrons. The maximum atomic E-state index is 14.0. The highest BCUT2D eigenvalue weighted by Gasteiger charge is 2.47. The summed E-state index contributed by atoms with van der Waals surface area (Å²) >= 11 is 0. The predicted octanol–water partition coefficient (Wildman–Crippen LogP) is 3.29. The van der Waals surface area contributed by atoms with E-state index in [1.165, 1.54) is 12.3 Å². The molecular weight excluding hydrogens is 459 g/mol. The number of aromatic amines is 1. The third-order valence-corrected chi connectivity index (χ3v) is 7.83. The van der Waals surface area contributed by atoms with Crippen LogP contribution in [0.25, 0.3) is 11.2 Å². The summed E-state index contributed by atoms with van der Waals surface area (Å²) < 4.78 is 19.8. The maximum Gasteiger partial charge on any atom is 0.183 e. The summed E-state index contributed by atoms with van der Waals surface area (Å²) in [7, 11) is 0. The van der Waals surface area contributed by atoms with Gasteiger partial charge in [0.15, 0.2) is 17.0 Å². The van der Waals surface area contributed by atoms with Crippen molar-refractivity contribution in [2.24, 2.45) is 11.1 Å². The molecule has 2 saturated heterocycles. The Morgan fingerprint density at radius 3 is 2.71 bits per heavy atom. The molecule has 3 aromatic rings. The van der Waals surface area contributed by atoms with Crippen molar-refractivity contribution in [1.29, 1.82) is 0 Å². The quantitative estimate of drug-likeness (QED) is 0.565. The third kappa shape index (κ3) is 3.59. The van der Waals surface area contributed by atoms with Gasteiger partial charge in [0.1, 0.15) is 11.6 Å². The first-order chi connectivity index (χ1) is 15.9. The highest BCUT2D eigenvalue weighted by molar-refractivity contribution is 5.87. The molecule has 3 aromatic heterocycles. The number of pyridine rings is 1. The molecule has 9 nitrogen and oxygen atoms in total. The van der Waals surface area contributed by atoms with Crippen LogP contribution >= 0.6 is 12.4 Å². The van der Waals surface area contributed by atoms with E-state index in [1.807, 2.05) is 11.1 Å². The number of aromatic nitrogens is 5. The molecule has 6 rings (SSSR count). The fraction of sp³-hybridized carbons (Fsp3) is 0.565. The Morgan fingerprint density at radius 1 is 1.18 bits per heavy atom. The van der Waals surface area contributed by atoms with Crippen LogP contribution in [0.1, 0.15) is 44.7 Å². The lowest BCUT2D eigenvalue weighted by Crippen LogP contribution is -2.50. The van der Waals surface area contributed by atoms with Gasteiger partial charge in [-0.05, 0) is 26.2 Å². The van der Waals surface area contributed by atoms with Crippen LogP contribution < -0.4 is 15.5 Å². The Labute approximate surface area is 203 Å². The molecule has 11 heteroatoms. The maximum absolute atomic E-state index is 14.0. The van der Waals surface area contributed by atoms with Crippen LogP contribution in [-0.2, 0) is 4.74 Å². The van der Waals surface area contributed by atoms with Gasteiger partial charge in [0.25, 0.3) is 0 Å². The van der Waals surface area contributed by atoms with E-state index in [1.54, 1.807) is 0 Å². The van der Waals surface area contributed by atoms with E-state index in [0.29, 0.717) is 17.0 Å².